The highest BCUT2D eigenvalue weighted by molar-refractivity contribution is 6.30. The van der Waals surface area contributed by atoms with Crippen molar-refractivity contribution in [3.63, 3.8) is 0 Å². The molecule has 5 rings (SSSR count). The number of fused-ring (bicyclic) bond motifs is 1. The molecule has 3 heterocycles. The van der Waals surface area contributed by atoms with Crippen LogP contribution in [0.3, 0.4) is 0 Å². The molecule has 7 nitrogen and oxygen atoms in total. The molecule has 0 bridgehead atoms. The summed E-state index contributed by atoms with van der Waals surface area (Å²) >= 11 is 5.94. The average molecular weight is 569 g/mol. The molecule has 11 heteroatoms. The molecule has 0 spiro atoms. The van der Waals surface area contributed by atoms with Crippen LogP contribution < -0.4 is 9.47 Å². The van der Waals surface area contributed by atoms with Crippen molar-refractivity contribution in [3.05, 3.63) is 106 Å². The lowest BCUT2D eigenvalue weighted by atomic mass is 9.83. The van der Waals surface area contributed by atoms with Gasteiger partial charge in [-0.15, -0.1) is 0 Å². The third-order valence-corrected chi connectivity index (χ3v) is 6.69. The Morgan fingerprint density at radius 1 is 1.00 bits per heavy atom. The molecular weight excluding hydrogens is 545 g/mol. The highest BCUT2D eigenvalue weighted by Gasteiger charge is 2.42. The fourth-order valence-electron chi connectivity index (χ4n) is 4.53. The van der Waals surface area contributed by atoms with E-state index in [-0.39, 0.29) is 34.7 Å². The minimum Gasteiger partial charge on any atom is -0.475 e. The molecule has 5 aromatic rings. The van der Waals surface area contributed by atoms with Crippen molar-refractivity contribution < 1.29 is 27.8 Å². The van der Waals surface area contributed by atoms with Crippen molar-refractivity contribution >= 4 is 22.5 Å². The number of aryl methyl sites for hydroxylation is 2. The van der Waals surface area contributed by atoms with E-state index in [4.69, 9.17) is 21.1 Å². The zero-order valence-electron chi connectivity index (χ0n) is 21.7. The van der Waals surface area contributed by atoms with Gasteiger partial charge in [0.15, 0.2) is 5.60 Å². The number of hydrogen-bond donors (Lipinski definition) is 1. The summed E-state index contributed by atoms with van der Waals surface area (Å²) in [5.74, 6) is -0.790. The summed E-state index contributed by atoms with van der Waals surface area (Å²) in [6, 6.07) is 13.5. The molecule has 3 aromatic heterocycles. The number of aliphatic hydroxyl groups is 1. The summed E-state index contributed by atoms with van der Waals surface area (Å²) in [5, 5.41) is 12.4. The maximum atomic E-state index is 14.8. The second-order valence-electron chi connectivity index (χ2n) is 9.13. The van der Waals surface area contributed by atoms with Crippen molar-refractivity contribution in [3.8, 4) is 17.4 Å². The summed E-state index contributed by atoms with van der Waals surface area (Å²) in [4.78, 5) is 12.8. The zero-order valence-corrected chi connectivity index (χ0v) is 22.5. The standard InChI is InChI=1S/C29H24ClF3N4O3/c1-4-39-27-26(40-21-10-8-20(30)9-11-21)25(29(31,32)33)22-13-18(7-12-23(22)36-27)28(38,24-15-34-16-37(24)3)19-6-5-17(2)35-14-19/h5-16,38H,4H2,1-3H3. The zero-order chi connectivity index (χ0) is 28.7. The van der Waals surface area contributed by atoms with Gasteiger partial charge in [-0.05, 0) is 61.9 Å². The second-order valence-corrected chi connectivity index (χ2v) is 9.56. The smallest absolute Gasteiger partial charge is 0.420 e. The molecule has 0 radical (unpaired) electrons. The van der Waals surface area contributed by atoms with Gasteiger partial charge in [0.25, 0.3) is 5.88 Å². The minimum absolute atomic E-state index is 0.0115. The SMILES string of the molecule is CCOc1nc2ccc(C(O)(c3ccc(C)nc3)c3cncn3C)cc2c(C(F)(F)F)c1Oc1ccc(Cl)cc1. The number of halogens is 4. The molecule has 0 saturated heterocycles. The first-order valence-corrected chi connectivity index (χ1v) is 12.6. The van der Waals surface area contributed by atoms with Gasteiger partial charge < -0.3 is 19.1 Å². The molecule has 0 aliphatic heterocycles. The Morgan fingerprint density at radius 3 is 2.33 bits per heavy atom. The summed E-state index contributed by atoms with van der Waals surface area (Å²) < 4.78 is 57.3. The Hall–Kier alpha value is -4.15. The molecule has 1 atom stereocenters. The maximum Gasteiger partial charge on any atom is 0.420 e. The van der Waals surface area contributed by atoms with Crippen LogP contribution in [0.4, 0.5) is 13.2 Å². The molecule has 0 saturated carbocycles. The summed E-state index contributed by atoms with van der Waals surface area (Å²) in [6.45, 7) is 3.49. The number of aromatic nitrogens is 4. The van der Waals surface area contributed by atoms with Gasteiger partial charge in [0.2, 0.25) is 5.75 Å². The first kappa shape index (κ1) is 27.4. The topological polar surface area (TPSA) is 82.3 Å². The second kappa shape index (κ2) is 10.4. The van der Waals surface area contributed by atoms with E-state index in [1.165, 1.54) is 61.2 Å². The van der Waals surface area contributed by atoms with Crippen LogP contribution in [0.2, 0.25) is 5.02 Å². The Labute approximate surface area is 232 Å². The van der Waals surface area contributed by atoms with Crippen molar-refractivity contribution in [2.24, 2.45) is 7.05 Å². The Kier molecular flexibility index (Phi) is 7.16. The van der Waals surface area contributed by atoms with E-state index in [0.717, 1.165) is 0 Å². The minimum atomic E-state index is -4.87. The van der Waals surface area contributed by atoms with Gasteiger partial charge >= 0.3 is 6.18 Å². The number of benzene rings is 2. The fraction of sp³-hybridized carbons (Fsp3) is 0.207. The lowest BCUT2D eigenvalue weighted by molar-refractivity contribution is -0.137. The van der Waals surface area contributed by atoms with Crippen LogP contribution >= 0.6 is 11.6 Å². The molecule has 2 aromatic carbocycles. The molecular formula is C29H24ClF3N4O3. The van der Waals surface area contributed by atoms with Crippen LogP contribution in [-0.2, 0) is 18.8 Å². The van der Waals surface area contributed by atoms with E-state index in [2.05, 4.69) is 15.0 Å². The van der Waals surface area contributed by atoms with Gasteiger partial charge in [-0.1, -0.05) is 23.7 Å². The van der Waals surface area contributed by atoms with Crippen LogP contribution in [0.15, 0.2) is 73.3 Å². The van der Waals surface area contributed by atoms with Crippen LogP contribution in [-0.4, -0.2) is 31.2 Å². The molecule has 1 N–H and O–H groups in total. The normalized spacial score (nSPS) is 13.3. The number of ether oxygens (including phenoxy) is 2. The van der Waals surface area contributed by atoms with Crippen LogP contribution in [0, 0.1) is 6.92 Å². The van der Waals surface area contributed by atoms with E-state index in [1.807, 2.05) is 0 Å². The van der Waals surface area contributed by atoms with Crippen molar-refractivity contribution in [2.45, 2.75) is 25.6 Å². The van der Waals surface area contributed by atoms with Crippen molar-refractivity contribution in [1.82, 2.24) is 19.5 Å². The highest BCUT2D eigenvalue weighted by atomic mass is 35.5. The average Bonchev–Trinajstić information content (AvgIpc) is 3.35. The molecule has 0 aliphatic rings. The predicted octanol–water partition coefficient (Wildman–Crippen LogP) is 6.82. The number of pyridine rings is 2. The number of imidazole rings is 1. The van der Waals surface area contributed by atoms with Crippen LogP contribution in [0.25, 0.3) is 10.9 Å². The lowest BCUT2D eigenvalue weighted by Crippen LogP contribution is -2.31. The third-order valence-electron chi connectivity index (χ3n) is 6.44. The van der Waals surface area contributed by atoms with Gasteiger partial charge in [-0.2, -0.15) is 13.2 Å². The van der Waals surface area contributed by atoms with E-state index in [0.29, 0.717) is 22.0 Å². The molecule has 0 fully saturated rings. The van der Waals surface area contributed by atoms with E-state index in [1.54, 1.807) is 37.6 Å². The largest absolute Gasteiger partial charge is 0.475 e. The fourth-order valence-corrected chi connectivity index (χ4v) is 4.66. The van der Waals surface area contributed by atoms with Gasteiger partial charge in [0.1, 0.15) is 11.3 Å². The first-order chi connectivity index (χ1) is 19.0. The summed E-state index contributed by atoms with van der Waals surface area (Å²) in [5.41, 5.74) is -1.41. The third kappa shape index (κ3) is 4.96. The number of nitrogens with zero attached hydrogens (tertiary/aromatic N) is 4. The Balaban J connectivity index is 1.80. The number of alkyl halides is 3. The molecule has 1 unspecified atom stereocenters. The van der Waals surface area contributed by atoms with Gasteiger partial charge in [-0.25, -0.2) is 9.97 Å². The predicted molar refractivity (Wildman–Crippen MR) is 144 cm³/mol. The van der Waals surface area contributed by atoms with Gasteiger partial charge in [0, 0.05) is 34.9 Å². The first-order valence-electron chi connectivity index (χ1n) is 12.3. The van der Waals surface area contributed by atoms with Gasteiger partial charge in [-0.3, -0.25) is 4.98 Å². The van der Waals surface area contributed by atoms with Gasteiger partial charge in [0.05, 0.1) is 30.3 Å². The quantitative estimate of drug-likeness (QED) is 0.232. The van der Waals surface area contributed by atoms with E-state index in [9.17, 15) is 18.3 Å². The summed E-state index contributed by atoms with van der Waals surface area (Å²) in [7, 11) is 1.69. The van der Waals surface area contributed by atoms with E-state index >= 15 is 0 Å². The maximum absolute atomic E-state index is 14.8. The number of rotatable bonds is 7. The van der Waals surface area contributed by atoms with Crippen LogP contribution in [0.5, 0.6) is 17.4 Å². The Morgan fingerprint density at radius 2 is 1.73 bits per heavy atom. The van der Waals surface area contributed by atoms with E-state index < -0.39 is 23.1 Å². The Bertz CT molecular complexity index is 1670. The van der Waals surface area contributed by atoms with Crippen molar-refractivity contribution in [2.75, 3.05) is 6.61 Å². The summed E-state index contributed by atoms with van der Waals surface area (Å²) in [6.07, 6.45) is -0.426. The molecule has 0 amide bonds. The highest BCUT2D eigenvalue weighted by Crippen LogP contribution is 2.48. The monoisotopic (exact) mass is 568 g/mol. The number of hydrogen-bond acceptors (Lipinski definition) is 6. The lowest BCUT2D eigenvalue weighted by Gasteiger charge is -2.30. The molecule has 0 aliphatic carbocycles. The molecule has 206 valence electrons. The van der Waals surface area contributed by atoms with Crippen LogP contribution in [0.1, 0.15) is 35.0 Å². The molecule has 40 heavy (non-hydrogen) atoms. The van der Waals surface area contributed by atoms with Crippen molar-refractivity contribution in [1.29, 1.82) is 0 Å².